The number of allylic oxidation sites excluding steroid dienone is 1. The van der Waals surface area contributed by atoms with Gasteiger partial charge in [-0.15, -0.1) is 0 Å². The van der Waals surface area contributed by atoms with E-state index in [0.29, 0.717) is 22.0 Å². The van der Waals surface area contributed by atoms with E-state index in [9.17, 15) is 9.69 Å². The predicted octanol–water partition coefficient (Wildman–Crippen LogP) is 2.30. The molecule has 1 aromatic rings. The molecule has 4 nitrogen and oxygen atoms in total. The van der Waals surface area contributed by atoms with Gasteiger partial charge in [-0.25, -0.2) is 4.79 Å². The average Bonchev–Trinajstić information content (AvgIpc) is 2.36. The molecule has 19 heavy (non-hydrogen) atoms. The number of hydrogen-bond donors (Lipinski definition) is 1. The van der Waals surface area contributed by atoms with Crippen molar-refractivity contribution in [2.45, 2.75) is 6.92 Å². The van der Waals surface area contributed by atoms with Gasteiger partial charge >= 0.3 is 5.97 Å². The van der Waals surface area contributed by atoms with Crippen LogP contribution in [-0.2, 0) is 21.3 Å². The highest BCUT2D eigenvalue weighted by Gasteiger charge is 2.18. The summed E-state index contributed by atoms with van der Waals surface area (Å²) >= 11 is 10.7. The summed E-state index contributed by atoms with van der Waals surface area (Å²) in [7, 11) is 1.26. The van der Waals surface area contributed by atoms with E-state index in [2.05, 4.69) is 4.74 Å². The number of carbonyl (C=O) groups excluding carboxylic acids is 1. The average molecular weight is 316 g/mol. The summed E-state index contributed by atoms with van der Waals surface area (Å²) in [5.41, 5.74) is -1.81. The van der Waals surface area contributed by atoms with Crippen LogP contribution in [0.2, 0.25) is 0 Å². The summed E-state index contributed by atoms with van der Waals surface area (Å²) < 4.78 is 4.53. The Hall–Kier alpha value is -1.18. The van der Waals surface area contributed by atoms with E-state index in [-0.39, 0.29) is 0 Å². The minimum Gasteiger partial charge on any atom is -0.466 e. The van der Waals surface area contributed by atoms with Crippen LogP contribution in [0.15, 0.2) is 24.3 Å². The number of carbonyl (C=O) groups is 1. The molecule has 1 aromatic carbocycles. The smallest absolute Gasteiger partial charge is 0.330 e. The van der Waals surface area contributed by atoms with Crippen molar-refractivity contribution in [3.8, 4) is 6.07 Å². The molecule has 1 unspecified atom stereocenters. The van der Waals surface area contributed by atoms with Crippen LogP contribution < -0.4 is 5.30 Å². The zero-order chi connectivity index (χ0) is 14.6. The fourth-order valence-corrected chi connectivity index (χ4v) is 3.19. The zero-order valence-corrected chi connectivity index (χ0v) is 12.7. The number of rotatable bonds is 3. The van der Waals surface area contributed by atoms with Gasteiger partial charge in [-0.05, 0) is 48.1 Å². The molecule has 0 spiro atoms. The van der Waals surface area contributed by atoms with Crippen LogP contribution in [0, 0.1) is 11.3 Å². The van der Waals surface area contributed by atoms with Crippen molar-refractivity contribution in [3.05, 3.63) is 35.4 Å². The Kier molecular flexibility index (Phi) is 5.28. The monoisotopic (exact) mass is 315 g/mol. The summed E-state index contributed by atoms with van der Waals surface area (Å²) in [5, 5.41) is 9.24. The molecule has 0 fully saturated rings. The fourth-order valence-electron chi connectivity index (χ4n) is 1.48. The lowest BCUT2D eigenvalue weighted by molar-refractivity contribution is -0.134. The number of methoxy groups -OCH3 is 1. The number of esters is 1. The Labute approximate surface area is 121 Å². The lowest BCUT2D eigenvalue weighted by Crippen LogP contribution is -2.09. The topological polar surface area (TPSA) is 70.3 Å². The molecule has 0 aliphatic rings. The third-order valence-corrected chi connectivity index (χ3v) is 4.50. The van der Waals surface area contributed by atoms with Gasteiger partial charge in [0.2, 0.25) is 0 Å². The summed E-state index contributed by atoms with van der Waals surface area (Å²) in [6.07, 6.45) is 1.25. The predicted molar refractivity (Wildman–Crippen MR) is 78.8 cm³/mol. The van der Waals surface area contributed by atoms with Gasteiger partial charge < -0.3 is 9.63 Å². The van der Waals surface area contributed by atoms with Crippen LogP contribution in [0.4, 0.5) is 0 Å². The van der Waals surface area contributed by atoms with Crippen molar-refractivity contribution in [2.24, 2.45) is 0 Å². The molecular weight excluding hydrogens is 305 g/mol. The number of nitrogens with zero attached hydrogens (tertiary/aromatic N) is 1. The highest BCUT2D eigenvalue weighted by molar-refractivity contribution is 8.27. The molecule has 1 N–H and O–H groups in total. The third-order valence-electron chi connectivity index (χ3n) is 2.38. The van der Waals surface area contributed by atoms with Crippen molar-refractivity contribution in [1.82, 2.24) is 0 Å². The molecule has 0 aromatic heterocycles. The molecule has 0 amide bonds. The first-order valence-corrected chi connectivity index (χ1v) is 8.79. The highest BCUT2D eigenvalue weighted by atomic mass is 35.7. The molecule has 1 atom stereocenters. The molecular formula is C12H11ClNO3PS. The van der Waals surface area contributed by atoms with Gasteiger partial charge in [0.25, 0.3) is 0 Å². The number of ether oxygens (including phenoxy) is 1. The number of hydrogen-bond acceptors (Lipinski definition) is 4. The Morgan fingerprint density at radius 1 is 1.63 bits per heavy atom. The van der Waals surface area contributed by atoms with Gasteiger partial charge in [0.15, 0.2) is 5.62 Å². The largest absolute Gasteiger partial charge is 0.466 e. The summed E-state index contributed by atoms with van der Waals surface area (Å²) in [6.45, 7) is 1.65. The molecule has 0 radical (unpaired) electrons. The molecule has 100 valence electrons. The van der Waals surface area contributed by atoms with E-state index < -0.39 is 11.6 Å². The lowest BCUT2D eigenvalue weighted by atomic mass is 10.0. The first kappa shape index (κ1) is 15.9. The molecule has 0 saturated carbocycles. The van der Waals surface area contributed by atoms with Crippen LogP contribution in [0.25, 0.3) is 5.57 Å². The minimum absolute atomic E-state index is 0.348. The third kappa shape index (κ3) is 4.15. The zero-order valence-electron chi connectivity index (χ0n) is 10.3. The van der Waals surface area contributed by atoms with Crippen LogP contribution in [0.1, 0.15) is 18.1 Å². The van der Waals surface area contributed by atoms with Crippen LogP contribution in [0.3, 0.4) is 0 Å². The molecule has 0 aliphatic heterocycles. The van der Waals surface area contributed by atoms with Gasteiger partial charge in [0, 0.05) is 11.4 Å². The first-order chi connectivity index (χ1) is 8.79. The normalized spacial score (nSPS) is 14.4. The van der Waals surface area contributed by atoms with Crippen molar-refractivity contribution < 1.29 is 14.4 Å². The number of nitriles is 1. The fraction of sp³-hybridized carbons (Fsp3) is 0.167. The van der Waals surface area contributed by atoms with E-state index in [4.69, 9.17) is 28.3 Å². The maximum absolute atomic E-state index is 11.2. The van der Waals surface area contributed by atoms with Gasteiger partial charge in [-0.2, -0.15) is 5.26 Å². The second-order valence-electron chi connectivity index (χ2n) is 3.70. The number of halogens is 1. The van der Waals surface area contributed by atoms with E-state index in [1.165, 1.54) is 31.4 Å². The van der Waals surface area contributed by atoms with Crippen molar-refractivity contribution in [1.29, 1.82) is 5.26 Å². The van der Waals surface area contributed by atoms with E-state index >= 15 is 0 Å². The van der Waals surface area contributed by atoms with Crippen LogP contribution >= 0.6 is 16.9 Å². The van der Waals surface area contributed by atoms with E-state index in [1.807, 2.05) is 6.07 Å². The first-order valence-electron chi connectivity index (χ1n) is 5.13. The van der Waals surface area contributed by atoms with Crippen LogP contribution in [0.5, 0.6) is 0 Å². The van der Waals surface area contributed by atoms with Gasteiger partial charge in [-0.1, -0.05) is 11.2 Å². The Bertz CT molecular complexity index is 630. The quantitative estimate of drug-likeness (QED) is 0.526. The Balaban J connectivity index is 3.47. The standard InChI is InChI=1S/C12H11ClNO3PS/c1-8(5-12(15)17-2)10-6-9(7-14)3-4-11(10)18(13,16)19/h3-6H,1-2H3,(H,16,19). The Morgan fingerprint density at radius 2 is 2.26 bits per heavy atom. The van der Waals surface area contributed by atoms with E-state index in [0.717, 1.165) is 0 Å². The van der Waals surface area contributed by atoms with Gasteiger partial charge in [0.1, 0.15) is 0 Å². The summed E-state index contributed by atoms with van der Waals surface area (Å²) in [6, 6.07) is 6.54. The minimum atomic E-state index is -3.19. The molecule has 7 heteroatoms. The van der Waals surface area contributed by atoms with Gasteiger partial charge in [0.05, 0.1) is 18.7 Å². The second kappa shape index (κ2) is 6.31. The lowest BCUT2D eigenvalue weighted by Gasteiger charge is -2.13. The second-order valence-corrected chi connectivity index (χ2v) is 8.84. The molecule has 0 heterocycles. The maximum atomic E-state index is 11.2. The maximum Gasteiger partial charge on any atom is 0.330 e. The van der Waals surface area contributed by atoms with Crippen LogP contribution in [-0.4, -0.2) is 18.0 Å². The van der Waals surface area contributed by atoms with Crippen molar-refractivity contribution in [2.75, 3.05) is 7.11 Å². The van der Waals surface area contributed by atoms with E-state index in [1.54, 1.807) is 6.92 Å². The van der Waals surface area contributed by atoms with Crippen molar-refractivity contribution in [3.63, 3.8) is 0 Å². The molecule has 1 rings (SSSR count). The summed E-state index contributed by atoms with van der Waals surface area (Å²) in [5.74, 6) is -0.536. The SMILES string of the molecule is COC(=O)C=C(C)c1cc(C#N)ccc1P(O)(=S)Cl. The van der Waals surface area contributed by atoms with Gasteiger partial charge in [-0.3, -0.25) is 0 Å². The highest BCUT2D eigenvalue weighted by Crippen LogP contribution is 2.47. The molecule has 0 bridgehead atoms. The van der Waals surface area contributed by atoms with Crippen molar-refractivity contribution >= 4 is 45.5 Å². The Morgan fingerprint density at radius 3 is 2.74 bits per heavy atom. The molecule has 0 saturated heterocycles. The molecule has 0 aliphatic carbocycles. The number of benzene rings is 1. The summed E-state index contributed by atoms with van der Waals surface area (Å²) in [4.78, 5) is 21.1.